The molecule has 0 spiro atoms. The summed E-state index contributed by atoms with van der Waals surface area (Å²) in [5, 5.41) is 12.0. The number of piperazine rings is 1. The van der Waals surface area contributed by atoms with Crippen molar-refractivity contribution in [3.05, 3.63) is 0 Å². The first-order valence-electron chi connectivity index (χ1n) is 7.40. The van der Waals surface area contributed by atoms with E-state index in [1.54, 1.807) is 0 Å². The Morgan fingerprint density at radius 2 is 1.84 bits per heavy atom. The van der Waals surface area contributed by atoms with Crippen LogP contribution >= 0.6 is 0 Å². The van der Waals surface area contributed by atoms with Gasteiger partial charge < -0.3 is 10.2 Å². The van der Waals surface area contributed by atoms with E-state index in [-0.39, 0.29) is 12.1 Å². The lowest BCUT2D eigenvalue weighted by Gasteiger charge is -2.36. The molecule has 2 fully saturated rings. The van der Waals surface area contributed by atoms with Gasteiger partial charge in [-0.3, -0.25) is 4.90 Å². The molecule has 1 aliphatic carbocycles. The lowest BCUT2D eigenvalue weighted by atomic mass is 9.96. The van der Waals surface area contributed by atoms with E-state index in [9.17, 15) is 4.79 Å². The molecule has 5 heteroatoms. The Labute approximate surface area is 115 Å². The molecule has 1 heterocycles. The molecule has 0 aromatic rings. The molecule has 106 valence electrons. The number of nitrogens with one attached hydrogen (secondary N) is 1. The predicted octanol–water partition coefficient (Wildman–Crippen LogP) is 1.56. The van der Waals surface area contributed by atoms with Gasteiger partial charge in [0.15, 0.2) is 0 Å². The van der Waals surface area contributed by atoms with Crippen molar-refractivity contribution in [2.45, 2.75) is 51.1 Å². The maximum atomic E-state index is 12.1. The van der Waals surface area contributed by atoms with E-state index >= 15 is 0 Å². The number of urea groups is 1. The molecule has 1 saturated carbocycles. The fourth-order valence-electron chi connectivity index (χ4n) is 2.91. The van der Waals surface area contributed by atoms with Crippen LogP contribution in [-0.2, 0) is 0 Å². The van der Waals surface area contributed by atoms with Crippen LogP contribution in [0.1, 0.15) is 39.0 Å². The van der Waals surface area contributed by atoms with E-state index < -0.39 is 0 Å². The highest BCUT2D eigenvalue weighted by Gasteiger charge is 2.25. The molecule has 0 radical (unpaired) electrons. The molecule has 1 aliphatic heterocycles. The zero-order valence-electron chi connectivity index (χ0n) is 11.8. The zero-order chi connectivity index (χ0) is 13.7. The lowest BCUT2D eigenvalue weighted by molar-refractivity contribution is 0.126. The summed E-state index contributed by atoms with van der Waals surface area (Å²) in [6.07, 6.45) is 6.02. The van der Waals surface area contributed by atoms with E-state index in [0.717, 1.165) is 39.0 Å². The SMILES string of the molecule is CC(C#N)N1CCN(C(=O)NC2CCCCC2)CC1. The summed E-state index contributed by atoms with van der Waals surface area (Å²) in [5.74, 6) is 0. The van der Waals surface area contributed by atoms with Crippen LogP contribution in [0.5, 0.6) is 0 Å². The quantitative estimate of drug-likeness (QED) is 0.823. The topological polar surface area (TPSA) is 59.4 Å². The van der Waals surface area contributed by atoms with Crippen LogP contribution in [0.25, 0.3) is 0 Å². The fourth-order valence-corrected chi connectivity index (χ4v) is 2.91. The Kier molecular flexibility index (Phi) is 5.03. The molecular formula is C14H24N4O. The minimum atomic E-state index is -0.0523. The third-order valence-corrected chi connectivity index (χ3v) is 4.27. The molecule has 5 nitrogen and oxygen atoms in total. The number of nitrogens with zero attached hydrogens (tertiary/aromatic N) is 3. The standard InChI is InChI=1S/C14H24N4O/c1-12(11-15)17-7-9-18(10-8-17)14(19)16-13-5-3-2-4-6-13/h12-13H,2-10H2,1H3,(H,16,19). The average molecular weight is 264 g/mol. The number of hydrogen-bond acceptors (Lipinski definition) is 3. The third-order valence-electron chi connectivity index (χ3n) is 4.27. The molecule has 2 aliphatic rings. The van der Waals surface area contributed by atoms with Crippen LogP contribution in [0.2, 0.25) is 0 Å². The van der Waals surface area contributed by atoms with Crippen molar-refractivity contribution in [3.63, 3.8) is 0 Å². The van der Waals surface area contributed by atoms with Crippen molar-refractivity contribution < 1.29 is 4.79 Å². The van der Waals surface area contributed by atoms with Gasteiger partial charge in [0.05, 0.1) is 12.1 Å². The van der Waals surface area contributed by atoms with E-state index in [1.807, 2.05) is 11.8 Å². The Hall–Kier alpha value is -1.28. The second kappa shape index (κ2) is 6.76. The van der Waals surface area contributed by atoms with Crippen molar-refractivity contribution in [1.29, 1.82) is 5.26 Å². The first-order chi connectivity index (χ1) is 9.20. The van der Waals surface area contributed by atoms with E-state index in [4.69, 9.17) is 5.26 Å². The molecule has 1 saturated heterocycles. The zero-order valence-corrected chi connectivity index (χ0v) is 11.8. The number of carbonyl (C=O) groups excluding carboxylic acids is 1. The minimum absolute atomic E-state index is 0.0523. The summed E-state index contributed by atoms with van der Waals surface area (Å²) in [7, 11) is 0. The highest BCUT2D eigenvalue weighted by Crippen LogP contribution is 2.17. The fraction of sp³-hybridized carbons (Fsp3) is 0.857. The van der Waals surface area contributed by atoms with Crippen molar-refractivity contribution in [2.75, 3.05) is 26.2 Å². The van der Waals surface area contributed by atoms with Gasteiger partial charge in [0.1, 0.15) is 0 Å². The van der Waals surface area contributed by atoms with Gasteiger partial charge in [-0.2, -0.15) is 5.26 Å². The van der Waals surface area contributed by atoms with E-state index in [2.05, 4.69) is 16.3 Å². The van der Waals surface area contributed by atoms with Gasteiger partial charge in [0.2, 0.25) is 0 Å². The molecule has 0 aromatic heterocycles. The Bertz CT molecular complexity index is 338. The van der Waals surface area contributed by atoms with Crippen molar-refractivity contribution in [2.24, 2.45) is 0 Å². The van der Waals surface area contributed by atoms with Gasteiger partial charge in [-0.1, -0.05) is 19.3 Å². The number of nitriles is 1. The number of carbonyl (C=O) groups is 1. The smallest absolute Gasteiger partial charge is 0.317 e. The van der Waals surface area contributed by atoms with Gasteiger partial charge >= 0.3 is 6.03 Å². The van der Waals surface area contributed by atoms with Crippen LogP contribution in [0, 0.1) is 11.3 Å². The predicted molar refractivity (Wildman–Crippen MR) is 73.6 cm³/mol. The Balaban J connectivity index is 1.74. The highest BCUT2D eigenvalue weighted by atomic mass is 16.2. The summed E-state index contributed by atoms with van der Waals surface area (Å²) in [5.41, 5.74) is 0. The summed E-state index contributed by atoms with van der Waals surface area (Å²) in [6.45, 7) is 4.96. The minimum Gasteiger partial charge on any atom is -0.335 e. The average Bonchev–Trinajstić information content (AvgIpc) is 2.47. The normalized spacial score (nSPS) is 23.7. The monoisotopic (exact) mass is 264 g/mol. The van der Waals surface area contributed by atoms with Crippen LogP contribution in [0.4, 0.5) is 4.79 Å². The molecular weight excluding hydrogens is 240 g/mol. The Morgan fingerprint density at radius 1 is 1.21 bits per heavy atom. The Morgan fingerprint density at radius 3 is 2.42 bits per heavy atom. The first-order valence-corrected chi connectivity index (χ1v) is 7.40. The summed E-state index contributed by atoms with van der Waals surface area (Å²) < 4.78 is 0. The second-order valence-corrected chi connectivity index (χ2v) is 5.61. The first kappa shape index (κ1) is 14.1. The van der Waals surface area contributed by atoms with Gasteiger partial charge in [-0.15, -0.1) is 0 Å². The van der Waals surface area contributed by atoms with Gasteiger partial charge in [0, 0.05) is 32.2 Å². The van der Waals surface area contributed by atoms with Crippen LogP contribution < -0.4 is 5.32 Å². The second-order valence-electron chi connectivity index (χ2n) is 5.61. The van der Waals surface area contributed by atoms with Crippen molar-refractivity contribution >= 4 is 6.03 Å². The summed E-state index contributed by atoms with van der Waals surface area (Å²) in [6, 6.07) is 2.65. The lowest BCUT2D eigenvalue weighted by Crippen LogP contribution is -2.55. The molecule has 1 unspecified atom stereocenters. The molecule has 1 N–H and O–H groups in total. The number of hydrogen-bond donors (Lipinski definition) is 1. The summed E-state index contributed by atoms with van der Waals surface area (Å²) >= 11 is 0. The summed E-state index contributed by atoms with van der Waals surface area (Å²) in [4.78, 5) is 16.2. The van der Waals surface area contributed by atoms with E-state index in [0.29, 0.717) is 6.04 Å². The number of rotatable bonds is 2. The van der Waals surface area contributed by atoms with E-state index in [1.165, 1.54) is 19.3 Å². The maximum absolute atomic E-state index is 12.1. The van der Waals surface area contributed by atoms with Crippen LogP contribution in [-0.4, -0.2) is 54.1 Å². The maximum Gasteiger partial charge on any atom is 0.317 e. The van der Waals surface area contributed by atoms with Crippen LogP contribution in [0.15, 0.2) is 0 Å². The van der Waals surface area contributed by atoms with Gasteiger partial charge in [0.25, 0.3) is 0 Å². The number of amides is 2. The molecule has 2 rings (SSSR count). The van der Waals surface area contributed by atoms with Crippen LogP contribution in [0.3, 0.4) is 0 Å². The molecule has 19 heavy (non-hydrogen) atoms. The molecule has 2 amide bonds. The molecule has 1 atom stereocenters. The third kappa shape index (κ3) is 3.84. The largest absolute Gasteiger partial charge is 0.335 e. The highest BCUT2D eigenvalue weighted by molar-refractivity contribution is 5.74. The van der Waals surface area contributed by atoms with Gasteiger partial charge in [-0.25, -0.2) is 4.79 Å². The van der Waals surface area contributed by atoms with Crippen molar-refractivity contribution in [3.8, 4) is 6.07 Å². The molecule has 0 aromatic carbocycles. The molecule has 0 bridgehead atoms. The van der Waals surface area contributed by atoms with Gasteiger partial charge in [-0.05, 0) is 19.8 Å². The van der Waals surface area contributed by atoms with Crippen molar-refractivity contribution in [1.82, 2.24) is 15.1 Å².